The zero-order valence-electron chi connectivity index (χ0n) is 23.8. The quantitative estimate of drug-likeness (QED) is 0.301. The number of nitrogens with zero attached hydrogens (tertiary/aromatic N) is 3. The van der Waals surface area contributed by atoms with Gasteiger partial charge in [0.05, 0.1) is 61.4 Å². The molecule has 13 heteroatoms. The number of fused-ring (bicyclic) bond motifs is 1. The number of carbonyl (C=O) groups excluding carboxylic acids is 1. The second-order valence-electron chi connectivity index (χ2n) is 8.74. The Morgan fingerprint density at radius 2 is 1.71 bits per heavy atom. The van der Waals surface area contributed by atoms with Gasteiger partial charge in [0.15, 0.2) is 34.4 Å². The number of methoxy groups -OCH3 is 4. The van der Waals surface area contributed by atoms with E-state index in [2.05, 4.69) is 20.9 Å². The number of hydrogen-bond acceptors (Lipinski definition) is 11. The Labute approximate surface area is 253 Å². The molecule has 3 aromatic rings. The lowest BCUT2D eigenvalue weighted by Crippen LogP contribution is -2.40. The largest absolute Gasteiger partial charge is 0.493 e. The Morgan fingerprint density at radius 1 is 1.07 bits per heavy atom. The first-order valence-electron chi connectivity index (χ1n) is 12.6. The van der Waals surface area contributed by atoms with Crippen LogP contribution in [0.15, 0.2) is 49.8 Å². The van der Waals surface area contributed by atoms with E-state index in [0.29, 0.717) is 59.4 Å². The maximum absolute atomic E-state index is 14.0. The summed E-state index contributed by atoms with van der Waals surface area (Å²) in [6, 6.07) is 7.88. The summed E-state index contributed by atoms with van der Waals surface area (Å²) in [5.41, 5.74) is 1.44. The normalized spacial score (nSPS) is 14.4. The molecule has 1 atom stereocenters. The first kappa shape index (κ1) is 30.7. The minimum Gasteiger partial charge on any atom is -0.493 e. The van der Waals surface area contributed by atoms with Gasteiger partial charge in [0.25, 0.3) is 5.56 Å². The van der Waals surface area contributed by atoms with Gasteiger partial charge < -0.3 is 28.4 Å². The van der Waals surface area contributed by atoms with Crippen molar-refractivity contribution < 1.29 is 33.2 Å². The predicted octanol–water partition coefficient (Wildman–Crippen LogP) is 3.50. The summed E-state index contributed by atoms with van der Waals surface area (Å²) in [4.78, 5) is 32.3. The number of rotatable bonds is 10. The van der Waals surface area contributed by atoms with E-state index in [-0.39, 0.29) is 24.3 Å². The molecular weight excluding hydrogens is 630 g/mol. The first-order valence-corrected chi connectivity index (χ1v) is 14.2. The molecule has 0 aliphatic carbocycles. The van der Waals surface area contributed by atoms with Gasteiger partial charge in [0.2, 0.25) is 5.75 Å². The number of benzene rings is 2. The van der Waals surface area contributed by atoms with Crippen molar-refractivity contribution in [1.82, 2.24) is 4.57 Å². The molecule has 220 valence electrons. The number of esters is 1. The molecule has 4 rings (SSSR count). The van der Waals surface area contributed by atoms with Crippen LogP contribution in [0, 0.1) is 11.3 Å². The molecule has 0 saturated heterocycles. The van der Waals surface area contributed by atoms with Crippen LogP contribution in [0.5, 0.6) is 28.7 Å². The van der Waals surface area contributed by atoms with Crippen LogP contribution in [0.25, 0.3) is 6.08 Å². The monoisotopic (exact) mass is 657 g/mol. The van der Waals surface area contributed by atoms with Gasteiger partial charge in [0, 0.05) is 0 Å². The maximum Gasteiger partial charge on any atom is 0.338 e. The van der Waals surface area contributed by atoms with Crippen molar-refractivity contribution in [1.29, 1.82) is 5.26 Å². The summed E-state index contributed by atoms with van der Waals surface area (Å²) in [5.74, 6) is 1.26. The third-order valence-corrected chi connectivity index (χ3v) is 7.92. The number of allylic oxidation sites excluding steroid dienone is 1. The van der Waals surface area contributed by atoms with Crippen molar-refractivity contribution in [2.24, 2.45) is 4.99 Å². The fraction of sp³-hybridized carbons (Fsp3) is 0.310. The standard InChI is InChI=1S/C29H28BrN3O8S/c1-7-40-28(35)23-15(2)32-29-33(24(23)17-13-20(37-4)26(39-6)21(14-17)38-5)27(34)22(42-29)12-16-10-18(30)25(41-9-8-31)19(11-16)36-3/h10-14,24H,7,9H2,1-6H3/b22-12-/t24-/m1/s1. The minimum absolute atomic E-state index is 0.146. The van der Waals surface area contributed by atoms with Crippen molar-refractivity contribution in [3.63, 3.8) is 0 Å². The van der Waals surface area contributed by atoms with Gasteiger partial charge >= 0.3 is 5.97 Å². The van der Waals surface area contributed by atoms with E-state index >= 15 is 0 Å². The molecular formula is C29H28BrN3O8S. The van der Waals surface area contributed by atoms with E-state index in [1.807, 2.05) is 6.07 Å². The molecule has 42 heavy (non-hydrogen) atoms. The zero-order valence-corrected chi connectivity index (χ0v) is 26.2. The van der Waals surface area contributed by atoms with E-state index in [1.165, 1.54) is 44.3 Å². The molecule has 0 bridgehead atoms. The second-order valence-corrected chi connectivity index (χ2v) is 10.6. The summed E-state index contributed by atoms with van der Waals surface area (Å²) in [6.45, 7) is 3.40. The van der Waals surface area contributed by atoms with E-state index in [1.54, 1.807) is 44.2 Å². The number of halogens is 1. The van der Waals surface area contributed by atoms with Crippen LogP contribution in [-0.4, -0.2) is 52.2 Å². The van der Waals surface area contributed by atoms with Crippen LogP contribution in [0.1, 0.15) is 31.0 Å². The highest BCUT2D eigenvalue weighted by Gasteiger charge is 2.34. The maximum atomic E-state index is 14.0. The Bertz CT molecular complexity index is 1760. The van der Waals surface area contributed by atoms with Crippen molar-refractivity contribution in [2.45, 2.75) is 19.9 Å². The summed E-state index contributed by atoms with van der Waals surface area (Å²) in [5, 5.41) is 8.90. The molecule has 0 spiro atoms. The van der Waals surface area contributed by atoms with Gasteiger partial charge in [-0.05, 0) is 71.2 Å². The van der Waals surface area contributed by atoms with Crippen LogP contribution in [0.4, 0.5) is 0 Å². The van der Waals surface area contributed by atoms with Gasteiger partial charge in [0.1, 0.15) is 6.07 Å². The number of thiazole rings is 1. The van der Waals surface area contributed by atoms with Gasteiger partial charge in [-0.1, -0.05) is 11.3 Å². The van der Waals surface area contributed by atoms with E-state index in [9.17, 15) is 9.59 Å². The molecule has 0 unspecified atom stereocenters. The number of hydrogen-bond donors (Lipinski definition) is 0. The molecule has 1 aliphatic rings. The topological polar surface area (TPSA) is 131 Å². The lowest BCUT2D eigenvalue weighted by atomic mass is 9.95. The Hall–Kier alpha value is -4.28. The van der Waals surface area contributed by atoms with E-state index in [0.717, 1.165) is 0 Å². The highest BCUT2D eigenvalue weighted by Crippen LogP contribution is 2.42. The van der Waals surface area contributed by atoms with E-state index < -0.39 is 12.0 Å². The molecule has 0 N–H and O–H groups in total. The Balaban J connectivity index is 1.97. The van der Waals surface area contributed by atoms with E-state index in [4.69, 9.17) is 33.7 Å². The average molecular weight is 659 g/mol. The first-order chi connectivity index (χ1) is 20.2. The Kier molecular flexibility index (Phi) is 9.59. The minimum atomic E-state index is -0.890. The fourth-order valence-electron chi connectivity index (χ4n) is 4.59. The molecule has 0 fully saturated rings. The van der Waals surface area contributed by atoms with Crippen LogP contribution >= 0.6 is 27.3 Å². The molecule has 0 saturated carbocycles. The van der Waals surface area contributed by atoms with Crippen LogP contribution in [0.2, 0.25) is 0 Å². The number of carbonyl (C=O) groups is 1. The molecule has 2 aromatic carbocycles. The zero-order chi connectivity index (χ0) is 30.6. The summed E-state index contributed by atoms with van der Waals surface area (Å²) >= 11 is 4.63. The van der Waals surface area contributed by atoms with Gasteiger partial charge in [-0.2, -0.15) is 5.26 Å². The average Bonchev–Trinajstić information content (AvgIpc) is 3.28. The summed E-state index contributed by atoms with van der Waals surface area (Å²) in [6.07, 6.45) is 1.70. The van der Waals surface area contributed by atoms with Crippen molar-refractivity contribution in [3.8, 4) is 34.8 Å². The number of ether oxygens (including phenoxy) is 6. The van der Waals surface area contributed by atoms with Crippen molar-refractivity contribution >= 4 is 39.3 Å². The predicted molar refractivity (Wildman–Crippen MR) is 158 cm³/mol. The molecule has 2 heterocycles. The van der Waals surface area contributed by atoms with Gasteiger partial charge in [-0.15, -0.1) is 0 Å². The van der Waals surface area contributed by atoms with Crippen molar-refractivity contribution in [3.05, 3.63) is 70.8 Å². The number of nitriles is 1. The van der Waals surface area contributed by atoms with Gasteiger partial charge in [-0.3, -0.25) is 9.36 Å². The van der Waals surface area contributed by atoms with Crippen molar-refractivity contribution in [2.75, 3.05) is 41.7 Å². The molecule has 11 nitrogen and oxygen atoms in total. The lowest BCUT2D eigenvalue weighted by Gasteiger charge is -2.26. The van der Waals surface area contributed by atoms with Gasteiger partial charge in [-0.25, -0.2) is 9.79 Å². The SMILES string of the molecule is CCOC(=O)C1=C(C)N=c2s/c(=C\c3cc(Br)c(OCC#N)c(OC)c3)c(=O)n2[C@@H]1c1cc(OC)c(OC)c(OC)c1. The summed E-state index contributed by atoms with van der Waals surface area (Å²) < 4.78 is 35.3. The second kappa shape index (κ2) is 13.1. The van der Waals surface area contributed by atoms with Crippen LogP contribution in [0.3, 0.4) is 0 Å². The Morgan fingerprint density at radius 3 is 2.29 bits per heavy atom. The smallest absolute Gasteiger partial charge is 0.338 e. The molecule has 1 aromatic heterocycles. The molecule has 0 amide bonds. The molecule has 0 radical (unpaired) electrons. The fourth-order valence-corrected chi connectivity index (χ4v) is 6.21. The van der Waals surface area contributed by atoms with Crippen LogP contribution < -0.4 is 38.6 Å². The summed E-state index contributed by atoms with van der Waals surface area (Å²) in [7, 11) is 5.95. The highest BCUT2D eigenvalue weighted by atomic mass is 79.9. The lowest BCUT2D eigenvalue weighted by molar-refractivity contribution is -0.139. The molecule has 1 aliphatic heterocycles. The third kappa shape index (κ3) is 5.73. The highest BCUT2D eigenvalue weighted by molar-refractivity contribution is 9.10. The third-order valence-electron chi connectivity index (χ3n) is 6.35. The number of aromatic nitrogens is 1. The van der Waals surface area contributed by atoms with Crippen LogP contribution in [-0.2, 0) is 9.53 Å².